The van der Waals surface area contributed by atoms with Crippen LogP contribution in [0.4, 0.5) is 0 Å². The van der Waals surface area contributed by atoms with Crippen molar-refractivity contribution in [2.24, 2.45) is 0 Å². The van der Waals surface area contributed by atoms with E-state index < -0.39 is 11.5 Å². The summed E-state index contributed by atoms with van der Waals surface area (Å²) in [7, 11) is 0. The van der Waals surface area contributed by atoms with E-state index in [9.17, 15) is 9.59 Å². The summed E-state index contributed by atoms with van der Waals surface area (Å²) in [6.07, 6.45) is 0.218. The van der Waals surface area contributed by atoms with Crippen molar-refractivity contribution in [1.82, 2.24) is 5.32 Å². The highest BCUT2D eigenvalue weighted by Crippen LogP contribution is 2.23. The Morgan fingerprint density at radius 2 is 1.90 bits per heavy atom. The summed E-state index contributed by atoms with van der Waals surface area (Å²) in [5, 5.41) is 2.72. The standard InChI is InChI=1S/C16H22BrNO3/c1-6-21-15(20)16(4,5)18-14(19)9-12-11(3)7-10(2)8-13(12)17/h7-8H,6,9H2,1-5H3,(H,18,19). The van der Waals surface area contributed by atoms with Gasteiger partial charge in [0.1, 0.15) is 5.54 Å². The molecule has 1 aromatic carbocycles. The molecule has 0 bridgehead atoms. The molecule has 0 aliphatic rings. The zero-order valence-corrected chi connectivity index (χ0v) is 14.8. The van der Waals surface area contributed by atoms with Gasteiger partial charge in [0.2, 0.25) is 5.91 Å². The Bertz CT molecular complexity index is 529. The lowest BCUT2D eigenvalue weighted by Gasteiger charge is -2.24. The zero-order valence-electron chi connectivity index (χ0n) is 13.2. The third kappa shape index (κ3) is 4.84. The fraction of sp³-hybridized carbons (Fsp3) is 0.500. The normalized spacial score (nSPS) is 11.1. The Morgan fingerprint density at radius 3 is 2.43 bits per heavy atom. The Kier molecular flexibility index (Phi) is 5.96. The van der Waals surface area contributed by atoms with Gasteiger partial charge in [0, 0.05) is 4.47 Å². The molecule has 21 heavy (non-hydrogen) atoms. The molecule has 0 spiro atoms. The van der Waals surface area contributed by atoms with Crippen molar-refractivity contribution in [2.75, 3.05) is 6.61 Å². The number of nitrogens with one attached hydrogen (secondary N) is 1. The van der Waals surface area contributed by atoms with Crippen LogP contribution < -0.4 is 5.32 Å². The fourth-order valence-electron chi connectivity index (χ4n) is 2.09. The Balaban J connectivity index is 2.81. The molecule has 1 rings (SSSR count). The lowest BCUT2D eigenvalue weighted by Crippen LogP contribution is -2.51. The van der Waals surface area contributed by atoms with Crippen LogP contribution in [-0.2, 0) is 20.7 Å². The van der Waals surface area contributed by atoms with Gasteiger partial charge < -0.3 is 10.1 Å². The van der Waals surface area contributed by atoms with Gasteiger partial charge in [0.05, 0.1) is 13.0 Å². The number of halogens is 1. The summed E-state index contributed by atoms with van der Waals surface area (Å²) in [5.74, 6) is -0.640. The van der Waals surface area contributed by atoms with Gasteiger partial charge >= 0.3 is 5.97 Å². The van der Waals surface area contributed by atoms with Crippen LogP contribution in [0, 0.1) is 13.8 Å². The fourth-order valence-corrected chi connectivity index (χ4v) is 2.90. The summed E-state index contributed by atoms with van der Waals surface area (Å²) >= 11 is 3.49. The highest BCUT2D eigenvalue weighted by molar-refractivity contribution is 9.10. The molecule has 0 fully saturated rings. The van der Waals surface area contributed by atoms with E-state index in [1.807, 2.05) is 26.0 Å². The molecule has 0 aromatic heterocycles. The molecule has 0 atom stereocenters. The first-order valence-corrected chi connectivity index (χ1v) is 7.70. The molecule has 1 N–H and O–H groups in total. The number of aryl methyl sites for hydroxylation is 2. The SMILES string of the molecule is CCOC(=O)C(C)(C)NC(=O)Cc1c(C)cc(C)cc1Br. The number of hydrogen-bond donors (Lipinski definition) is 1. The lowest BCUT2D eigenvalue weighted by atomic mass is 10.0. The van der Waals surface area contributed by atoms with Crippen molar-refractivity contribution < 1.29 is 14.3 Å². The molecule has 4 nitrogen and oxygen atoms in total. The van der Waals surface area contributed by atoms with Crippen molar-refractivity contribution >= 4 is 27.8 Å². The van der Waals surface area contributed by atoms with Gasteiger partial charge in [-0.2, -0.15) is 0 Å². The summed E-state index contributed by atoms with van der Waals surface area (Å²) in [6.45, 7) is 9.28. The molecule has 0 unspecified atom stereocenters. The number of amides is 1. The predicted octanol–water partition coefficient (Wildman–Crippen LogP) is 3.07. The van der Waals surface area contributed by atoms with Crippen LogP contribution in [0.3, 0.4) is 0 Å². The van der Waals surface area contributed by atoms with Crippen LogP contribution in [0.15, 0.2) is 16.6 Å². The van der Waals surface area contributed by atoms with Crippen molar-refractivity contribution in [3.63, 3.8) is 0 Å². The molecular formula is C16H22BrNO3. The minimum Gasteiger partial charge on any atom is -0.464 e. The second-order valence-electron chi connectivity index (χ2n) is 5.61. The van der Waals surface area contributed by atoms with E-state index in [2.05, 4.69) is 21.2 Å². The van der Waals surface area contributed by atoms with Crippen molar-refractivity contribution in [3.05, 3.63) is 33.3 Å². The number of carbonyl (C=O) groups excluding carboxylic acids is 2. The molecular weight excluding hydrogens is 334 g/mol. The van der Waals surface area contributed by atoms with Gasteiger partial charge in [0.25, 0.3) is 0 Å². The molecule has 0 saturated heterocycles. The van der Waals surface area contributed by atoms with Gasteiger partial charge in [-0.05, 0) is 57.4 Å². The molecule has 0 saturated carbocycles. The third-order valence-corrected chi connectivity index (χ3v) is 3.85. The summed E-state index contributed by atoms with van der Waals surface area (Å²) in [4.78, 5) is 24.0. The van der Waals surface area contributed by atoms with Crippen LogP contribution in [0.25, 0.3) is 0 Å². The number of benzene rings is 1. The Labute approximate surface area is 134 Å². The number of carbonyl (C=O) groups is 2. The Hall–Kier alpha value is -1.36. The minimum absolute atomic E-state index is 0.208. The highest BCUT2D eigenvalue weighted by Gasteiger charge is 2.31. The quantitative estimate of drug-likeness (QED) is 0.825. The number of rotatable bonds is 5. The number of ether oxygens (including phenoxy) is 1. The van der Waals surface area contributed by atoms with Crippen molar-refractivity contribution in [3.8, 4) is 0 Å². The van der Waals surface area contributed by atoms with Gasteiger partial charge in [-0.25, -0.2) is 4.79 Å². The lowest BCUT2D eigenvalue weighted by molar-refractivity contribution is -0.151. The van der Waals surface area contributed by atoms with Crippen LogP contribution in [-0.4, -0.2) is 24.0 Å². The molecule has 0 radical (unpaired) electrons. The second kappa shape index (κ2) is 7.07. The maximum absolute atomic E-state index is 12.2. The summed E-state index contributed by atoms with van der Waals surface area (Å²) < 4.78 is 5.86. The monoisotopic (exact) mass is 355 g/mol. The smallest absolute Gasteiger partial charge is 0.331 e. The highest BCUT2D eigenvalue weighted by atomic mass is 79.9. The van der Waals surface area contributed by atoms with Crippen molar-refractivity contribution in [2.45, 2.75) is 46.6 Å². The largest absolute Gasteiger partial charge is 0.464 e. The number of esters is 1. The molecule has 1 amide bonds. The first kappa shape index (κ1) is 17.7. The van der Waals surface area contributed by atoms with Gasteiger partial charge in [-0.3, -0.25) is 4.79 Å². The van der Waals surface area contributed by atoms with Crippen LogP contribution in [0.1, 0.15) is 37.5 Å². The van der Waals surface area contributed by atoms with Gasteiger partial charge in [-0.15, -0.1) is 0 Å². The maximum atomic E-state index is 12.2. The summed E-state index contributed by atoms with van der Waals surface area (Å²) in [6, 6.07) is 4.01. The van der Waals surface area contributed by atoms with Gasteiger partial charge in [-0.1, -0.05) is 22.0 Å². The maximum Gasteiger partial charge on any atom is 0.331 e. The molecule has 0 aliphatic heterocycles. The van der Waals surface area contributed by atoms with E-state index >= 15 is 0 Å². The van der Waals surface area contributed by atoms with E-state index in [-0.39, 0.29) is 12.3 Å². The second-order valence-corrected chi connectivity index (χ2v) is 6.47. The summed E-state index contributed by atoms with van der Waals surface area (Å²) in [5.41, 5.74) is 2.08. The molecule has 116 valence electrons. The van der Waals surface area contributed by atoms with Crippen LogP contribution in [0.2, 0.25) is 0 Å². The van der Waals surface area contributed by atoms with E-state index in [0.717, 1.165) is 21.2 Å². The van der Waals surface area contributed by atoms with E-state index in [0.29, 0.717) is 6.61 Å². The van der Waals surface area contributed by atoms with Crippen LogP contribution >= 0.6 is 15.9 Å². The predicted molar refractivity (Wildman–Crippen MR) is 86.2 cm³/mol. The van der Waals surface area contributed by atoms with E-state index in [1.165, 1.54) is 0 Å². The Morgan fingerprint density at radius 1 is 1.29 bits per heavy atom. The molecule has 0 heterocycles. The minimum atomic E-state index is -1.03. The van der Waals surface area contributed by atoms with Crippen LogP contribution in [0.5, 0.6) is 0 Å². The van der Waals surface area contributed by atoms with E-state index in [4.69, 9.17) is 4.74 Å². The first-order chi connectivity index (χ1) is 9.67. The molecule has 0 aliphatic carbocycles. The topological polar surface area (TPSA) is 55.4 Å². The molecule has 1 aromatic rings. The average molecular weight is 356 g/mol. The molecule has 5 heteroatoms. The third-order valence-electron chi connectivity index (χ3n) is 3.14. The first-order valence-electron chi connectivity index (χ1n) is 6.91. The van der Waals surface area contributed by atoms with Crippen molar-refractivity contribution in [1.29, 1.82) is 0 Å². The number of hydrogen-bond acceptors (Lipinski definition) is 3. The van der Waals surface area contributed by atoms with Gasteiger partial charge in [0.15, 0.2) is 0 Å². The van der Waals surface area contributed by atoms with E-state index in [1.54, 1.807) is 20.8 Å². The average Bonchev–Trinajstić information content (AvgIpc) is 2.33. The zero-order chi connectivity index (χ0) is 16.2.